The lowest BCUT2D eigenvalue weighted by Gasteiger charge is -2.39. The Hall–Kier alpha value is -2.93. The Kier molecular flexibility index (Phi) is 6.43. The van der Waals surface area contributed by atoms with Gasteiger partial charge in [-0.05, 0) is 91.7 Å². The van der Waals surface area contributed by atoms with Crippen LogP contribution in [0.25, 0.3) is 0 Å². The molecule has 0 heterocycles. The molecule has 0 saturated heterocycles. The zero-order valence-corrected chi connectivity index (χ0v) is 20.3. The average Bonchev–Trinajstić information content (AvgIpc) is 2.79. The van der Waals surface area contributed by atoms with Gasteiger partial charge in [0.05, 0.1) is 4.90 Å². The molecule has 0 aliphatic carbocycles. The highest BCUT2D eigenvalue weighted by Crippen LogP contribution is 2.70. The number of halogens is 1. The molecule has 0 amide bonds. The second-order valence-corrected chi connectivity index (χ2v) is 12.4. The van der Waals surface area contributed by atoms with Crippen LogP contribution in [0.15, 0.2) is 117 Å². The second kappa shape index (κ2) is 9.14. The van der Waals surface area contributed by atoms with Gasteiger partial charge in [0.15, 0.2) is 0 Å². The van der Waals surface area contributed by atoms with E-state index in [9.17, 15) is 12.8 Å². The summed E-state index contributed by atoms with van der Waals surface area (Å²) in [6.07, 6.45) is 0. The Morgan fingerprint density at radius 1 is 0.515 bits per heavy atom. The molecular weight excluding hydrogens is 455 g/mol. The minimum atomic E-state index is -4.24. The summed E-state index contributed by atoms with van der Waals surface area (Å²) < 4.78 is 46.9. The van der Waals surface area contributed by atoms with Crippen LogP contribution in [0, 0.1) is 26.6 Å². The lowest BCUT2D eigenvalue weighted by atomic mass is 10.2. The van der Waals surface area contributed by atoms with Crippen molar-refractivity contribution in [1.82, 2.24) is 0 Å². The molecule has 0 aliphatic heterocycles. The van der Waals surface area contributed by atoms with Gasteiger partial charge in [-0.15, -0.1) is 0 Å². The first kappa shape index (κ1) is 23.2. The van der Waals surface area contributed by atoms with Crippen LogP contribution in [0.2, 0.25) is 0 Å². The van der Waals surface area contributed by atoms with Gasteiger partial charge < -0.3 is 0 Å². The lowest BCUT2D eigenvalue weighted by Crippen LogP contribution is -2.14. The Bertz CT molecular complexity index is 1230. The van der Waals surface area contributed by atoms with E-state index in [2.05, 4.69) is 0 Å². The van der Waals surface area contributed by atoms with Crippen LogP contribution in [0.5, 0.6) is 0 Å². The summed E-state index contributed by atoms with van der Waals surface area (Å²) in [4.78, 5) is 2.18. The molecule has 0 bridgehead atoms. The maximum atomic E-state index is 13.6. The van der Waals surface area contributed by atoms with Gasteiger partial charge in [0.2, 0.25) is 0 Å². The molecule has 0 atom stereocenters. The van der Waals surface area contributed by atoms with Gasteiger partial charge in [-0.2, -0.15) is 8.42 Å². The predicted octanol–water partition coefficient (Wildman–Crippen LogP) is 7.35. The van der Waals surface area contributed by atoms with Gasteiger partial charge in [-0.25, -0.2) is 8.02 Å². The highest BCUT2D eigenvalue weighted by molar-refractivity contribution is 8.33. The molecule has 3 nitrogen and oxygen atoms in total. The molecule has 0 unspecified atom stereocenters. The molecule has 4 aromatic rings. The topological polar surface area (TPSA) is 43.4 Å². The maximum absolute atomic E-state index is 13.6. The van der Waals surface area contributed by atoms with E-state index >= 15 is 0 Å². The SMILES string of the molecule is Cc1ccc(S(OS(=O)(=O)c2ccc(F)cc2)(c2ccc(C)cc2)c2ccc(C)cc2)cc1. The third kappa shape index (κ3) is 4.74. The Morgan fingerprint density at radius 3 is 1.15 bits per heavy atom. The first-order chi connectivity index (χ1) is 15.7. The third-order valence-corrected chi connectivity index (χ3v) is 10.5. The first-order valence-corrected chi connectivity index (χ1v) is 13.4. The van der Waals surface area contributed by atoms with Crippen molar-refractivity contribution in [2.24, 2.45) is 0 Å². The van der Waals surface area contributed by atoms with Crippen molar-refractivity contribution in [3.05, 3.63) is 120 Å². The first-order valence-electron chi connectivity index (χ1n) is 10.5. The maximum Gasteiger partial charge on any atom is 0.307 e. The molecule has 0 aromatic heterocycles. The van der Waals surface area contributed by atoms with Gasteiger partial charge in [-0.3, -0.25) is 0 Å². The van der Waals surface area contributed by atoms with Crippen molar-refractivity contribution in [1.29, 1.82) is 0 Å². The van der Waals surface area contributed by atoms with Crippen LogP contribution in [0.4, 0.5) is 4.39 Å². The van der Waals surface area contributed by atoms with Crippen molar-refractivity contribution in [2.75, 3.05) is 0 Å². The number of hydrogen-bond acceptors (Lipinski definition) is 3. The fourth-order valence-corrected chi connectivity index (χ4v) is 8.67. The second-order valence-electron chi connectivity index (χ2n) is 7.97. The quantitative estimate of drug-likeness (QED) is 0.290. The van der Waals surface area contributed by atoms with Crippen LogP contribution >= 0.6 is 10.3 Å². The minimum Gasteiger partial charge on any atom is -0.207 e. The minimum absolute atomic E-state index is 0.0906. The summed E-state index contributed by atoms with van der Waals surface area (Å²) in [5.74, 6) is -0.511. The fraction of sp³-hybridized carbons (Fsp3) is 0.111. The molecule has 0 saturated carbocycles. The van der Waals surface area contributed by atoms with Crippen LogP contribution in [0.1, 0.15) is 16.7 Å². The normalized spacial score (nSPS) is 12.5. The van der Waals surface area contributed by atoms with Gasteiger partial charge in [0.1, 0.15) is 5.82 Å². The van der Waals surface area contributed by atoms with Gasteiger partial charge in [0, 0.05) is 14.7 Å². The highest BCUT2D eigenvalue weighted by atomic mass is 32.3. The predicted molar refractivity (Wildman–Crippen MR) is 131 cm³/mol. The van der Waals surface area contributed by atoms with E-state index in [0.717, 1.165) is 43.5 Å². The Balaban J connectivity index is 2.02. The van der Waals surface area contributed by atoms with E-state index in [1.54, 1.807) is 0 Å². The number of hydrogen-bond donors (Lipinski definition) is 0. The molecule has 170 valence electrons. The molecule has 0 fully saturated rings. The number of aryl methyl sites for hydroxylation is 3. The van der Waals surface area contributed by atoms with E-state index in [1.807, 2.05) is 93.6 Å². The number of benzene rings is 4. The zero-order chi connectivity index (χ0) is 23.6. The molecule has 0 radical (unpaired) electrons. The molecule has 4 rings (SSSR count). The summed E-state index contributed by atoms with van der Waals surface area (Å²) in [6, 6.07) is 27.9. The largest absolute Gasteiger partial charge is 0.307 e. The molecular formula is C27H25FO3S2. The summed E-state index contributed by atoms with van der Waals surface area (Å²) in [6.45, 7) is 5.94. The van der Waals surface area contributed by atoms with Gasteiger partial charge in [0.25, 0.3) is 0 Å². The van der Waals surface area contributed by atoms with E-state index in [0.29, 0.717) is 0 Å². The zero-order valence-electron chi connectivity index (χ0n) is 18.7. The lowest BCUT2D eigenvalue weighted by molar-refractivity contribution is 0.508. The molecule has 33 heavy (non-hydrogen) atoms. The molecule has 6 heteroatoms. The summed E-state index contributed by atoms with van der Waals surface area (Å²) in [7, 11) is -6.92. The smallest absolute Gasteiger partial charge is 0.207 e. The van der Waals surface area contributed by atoms with Crippen LogP contribution in [-0.4, -0.2) is 8.42 Å². The average molecular weight is 481 g/mol. The molecule has 0 N–H and O–H groups in total. The van der Waals surface area contributed by atoms with E-state index in [1.165, 1.54) is 12.1 Å². The molecule has 4 aromatic carbocycles. The standard InChI is InChI=1S/C27H25FO3S2/c1-20-4-12-24(13-5-20)32(25-14-6-21(2)7-15-25,26-16-8-22(3)9-17-26)31-33(29,30)27-18-10-23(28)11-19-27/h4-19H,1-3H3. The molecule has 0 spiro atoms. The molecule has 0 aliphatic rings. The van der Waals surface area contributed by atoms with Crippen molar-refractivity contribution < 1.29 is 16.4 Å². The van der Waals surface area contributed by atoms with Crippen molar-refractivity contribution in [3.8, 4) is 0 Å². The van der Waals surface area contributed by atoms with Gasteiger partial charge >= 0.3 is 10.1 Å². The van der Waals surface area contributed by atoms with Crippen LogP contribution in [0.3, 0.4) is 0 Å². The third-order valence-electron chi connectivity index (χ3n) is 5.35. The van der Waals surface area contributed by atoms with Crippen LogP contribution < -0.4 is 0 Å². The van der Waals surface area contributed by atoms with Crippen molar-refractivity contribution >= 4 is 20.4 Å². The van der Waals surface area contributed by atoms with Crippen LogP contribution in [-0.2, 0) is 13.7 Å². The van der Waals surface area contributed by atoms with Crippen molar-refractivity contribution in [2.45, 2.75) is 40.4 Å². The summed E-state index contributed by atoms with van der Waals surface area (Å²) in [5, 5.41) is 0. The Labute approximate surface area is 196 Å². The van der Waals surface area contributed by atoms with Gasteiger partial charge in [-0.1, -0.05) is 53.1 Å². The van der Waals surface area contributed by atoms with E-state index in [4.69, 9.17) is 3.63 Å². The monoisotopic (exact) mass is 480 g/mol. The summed E-state index contributed by atoms with van der Waals surface area (Å²) >= 11 is 0. The fourth-order valence-electron chi connectivity index (χ4n) is 3.49. The van der Waals surface area contributed by atoms with E-state index in [-0.39, 0.29) is 4.90 Å². The highest BCUT2D eigenvalue weighted by Gasteiger charge is 2.38. The number of rotatable bonds is 6. The van der Waals surface area contributed by atoms with E-state index < -0.39 is 26.2 Å². The van der Waals surface area contributed by atoms with Crippen molar-refractivity contribution in [3.63, 3.8) is 0 Å². The Morgan fingerprint density at radius 2 is 0.818 bits per heavy atom. The summed E-state index contributed by atoms with van der Waals surface area (Å²) in [5.41, 5.74) is 3.17.